The number of halogens is 1. The lowest BCUT2D eigenvalue weighted by molar-refractivity contribution is 0.411. The molecule has 2 aromatic rings. The van der Waals surface area contributed by atoms with E-state index >= 15 is 0 Å². The molecule has 0 bridgehead atoms. The van der Waals surface area contributed by atoms with E-state index < -0.39 is 0 Å². The summed E-state index contributed by atoms with van der Waals surface area (Å²) in [5, 5.41) is 3.53. The first-order valence-electron chi connectivity index (χ1n) is 6.70. The summed E-state index contributed by atoms with van der Waals surface area (Å²) in [6.07, 6.45) is 4.61. The van der Waals surface area contributed by atoms with Gasteiger partial charge in [-0.3, -0.25) is 4.98 Å². The van der Waals surface area contributed by atoms with E-state index in [4.69, 9.17) is 4.74 Å². The highest BCUT2D eigenvalue weighted by Crippen LogP contribution is 2.29. The van der Waals surface area contributed by atoms with Gasteiger partial charge in [-0.05, 0) is 64.3 Å². The maximum atomic E-state index is 5.28. The summed E-state index contributed by atoms with van der Waals surface area (Å²) in [6.45, 7) is 3.05. The van der Waals surface area contributed by atoms with Gasteiger partial charge in [0.1, 0.15) is 5.75 Å². The fraction of sp³-hybridized carbons (Fsp3) is 0.312. The summed E-state index contributed by atoms with van der Waals surface area (Å²) in [5.74, 6) is 0.855. The fourth-order valence-corrected chi connectivity index (χ4v) is 2.77. The predicted octanol–water partition coefficient (Wildman–Crippen LogP) is 3.75. The molecule has 106 valence electrons. The van der Waals surface area contributed by atoms with Crippen LogP contribution in [0.4, 0.5) is 0 Å². The summed E-state index contributed by atoms with van der Waals surface area (Å²) >= 11 is 3.55. The Hall–Kier alpha value is -1.39. The van der Waals surface area contributed by atoms with Crippen molar-refractivity contribution in [3.05, 3.63) is 58.3 Å². The van der Waals surface area contributed by atoms with Crippen molar-refractivity contribution < 1.29 is 4.74 Å². The second kappa shape index (κ2) is 7.41. The van der Waals surface area contributed by atoms with E-state index in [0.29, 0.717) is 0 Å². The van der Waals surface area contributed by atoms with E-state index in [1.54, 1.807) is 7.11 Å². The van der Waals surface area contributed by atoms with Crippen molar-refractivity contribution in [1.29, 1.82) is 0 Å². The lowest BCUT2D eigenvalue weighted by atomic mass is 9.99. The smallest absolute Gasteiger partial charge is 0.133 e. The quantitative estimate of drug-likeness (QED) is 0.873. The van der Waals surface area contributed by atoms with Crippen molar-refractivity contribution in [3.8, 4) is 5.75 Å². The molecule has 1 heterocycles. The van der Waals surface area contributed by atoms with Gasteiger partial charge >= 0.3 is 0 Å². The molecule has 0 spiro atoms. The minimum absolute atomic E-state index is 0.282. The molecule has 2 rings (SSSR count). The average molecular weight is 335 g/mol. The van der Waals surface area contributed by atoms with Crippen LogP contribution in [0.15, 0.2) is 47.2 Å². The zero-order valence-electron chi connectivity index (χ0n) is 11.8. The van der Waals surface area contributed by atoms with Crippen LogP contribution in [0, 0.1) is 0 Å². The van der Waals surface area contributed by atoms with Gasteiger partial charge < -0.3 is 10.1 Å². The number of aromatic nitrogens is 1. The van der Waals surface area contributed by atoms with E-state index in [-0.39, 0.29) is 6.04 Å². The number of rotatable bonds is 6. The number of benzene rings is 1. The Morgan fingerprint density at radius 3 is 2.60 bits per heavy atom. The third-order valence-electron chi connectivity index (χ3n) is 3.22. The summed E-state index contributed by atoms with van der Waals surface area (Å²) in [6, 6.07) is 10.6. The number of pyridine rings is 1. The molecule has 1 aromatic carbocycles. The summed E-state index contributed by atoms with van der Waals surface area (Å²) < 4.78 is 6.26. The Balaban J connectivity index is 2.22. The zero-order chi connectivity index (χ0) is 14.4. The molecule has 0 saturated heterocycles. The van der Waals surface area contributed by atoms with Crippen LogP contribution in [-0.2, 0) is 6.42 Å². The minimum atomic E-state index is 0.282. The summed E-state index contributed by atoms with van der Waals surface area (Å²) in [4.78, 5) is 4.06. The number of likely N-dealkylation sites (N-methyl/N-ethyl adjacent to an activating group) is 1. The Labute approximate surface area is 128 Å². The van der Waals surface area contributed by atoms with E-state index in [1.165, 1.54) is 11.1 Å². The first kappa shape index (κ1) is 15.0. The van der Waals surface area contributed by atoms with Gasteiger partial charge in [0.15, 0.2) is 0 Å². The largest absolute Gasteiger partial charge is 0.496 e. The highest BCUT2D eigenvalue weighted by Gasteiger charge is 2.13. The maximum Gasteiger partial charge on any atom is 0.133 e. The van der Waals surface area contributed by atoms with Crippen LogP contribution >= 0.6 is 15.9 Å². The van der Waals surface area contributed by atoms with Crippen LogP contribution in [0.2, 0.25) is 0 Å². The molecular formula is C16H19BrN2O. The molecule has 3 nitrogen and oxygen atoms in total. The van der Waals surface area contributed by atoms with E-state index in [0.717, 1.165) is 23.2 Å². The third kappa shape index (κ3) is 3.81. The maximum absolute atomic E-state index is 5.28. The van der Waals surface area contributed by atoms with Crippen molar-refractivity contribution in [2.45, 2.75) is 19.4 Å². The number of ether oxygens (including phenoxy) is 1. The van der Waals surface area contributed by atoms with Gasteiger partial charge in [-0.2, -0.15) is 0 Å². The van der Waals surface area contributed by atoms with Crippen molar-refractivity contribution in [2.75, 3.05) is 13.7 Å². The van der Waals surface area contributed by atoms with Crippen LogP contribution in [0.25, 0.3) is 0 Å². The Kier molecular flexibility index (Phi) is 5.56. The van der Waals surface area contributed by atoms with Gasteiger partial charge in [0.25, 0.3) is 0 Å². The van der Waals surface area contributed by atoms with Crippen LogP contribution in [-0.4, -0.2) is 18.6 Å². The molecule has 4 heteroatoms. The highest BCUT2D eigenvalue weighted by atomic mass is 79.9. The van der Waals surface area contributed by atoms with Crippen LogP contribution in [0.3, 0.4) is 0 Å². The second-order valence-corrected chi connectivity index (χ2v) is 5.42. The lowest BCUT2D eigenvalue weighted by Crippen LogP contribution is -2.23. The SMILES string of the molecule is CCNC(Cc1ccncc1)c1ccc(OC)c(Br)c1. The van der Waals surface area contributed by atoms with Crippen LogP contribution in [0.1, 0.15) is 24.1 Å². The molecule has 1 atom stereocenters. The van der Waals surface area contributed by atoms with Crippen LogP contribution < -0.4 is 10.1 Å². The first-order chi connectivity index (χ1) is 9.74. The number of methoxy groups -OCH3 is 1. The monoisotopic (exact) mass is 334 g/mol. The molecule has 0 aliphatic heterocycles. The van der Waals surface area contributed by atoms with E-state index in [1.807, 2.05) is 18.5 Å². The van der Waals surface area contributed by atoms with E-state index in [9.17, 15) is 0 Å². The Morgan fingerprint density at radius 1 is 1.25 bits per heavy atom. The van der Waals surface area contributed by atoms with Crippen molar-refractivity contribution in [2.24, 2.45) is 0 Å². The van der Waals surface area contributed by atoms with Crippen molar-refractivity contribution in [3.63, 3.8) is 0 Å². The van der Waals surface area contributed by atoms with Gasteiger partial charge in [-0.1, -0.05) is 13.0 Å². The molecule has 0 radical (unpaired) electrons. The van der Waals surface area contributed by atoms with E-state index in [2.05, 4.69) is 57.4 Å². The van der Waals surface area contributed by atoms with Gasteiger partial charge in [0.05, 0.1) is 11.6 Å². The molecule has 0 amide bonds. The molecule has 1 N–H and O–H groups in total. The normalized spacial score (nSPS) is 12.2. The topological polar surface area (TPSA) is 34.2 Å². The third-order valence-corrected chi connectivity index (χ3v) is 3.84. The summed E-state index contributed by atoms with van der Waals surface area (Å²) in [7, 11) is 1.68. The number of hydrogen-bond acceptors (Lipinski definition) is 3. The van der Waals surface area contributed by atoms with Crippen molar-refractivity contribution >= 4 is 15.9 Å². The van der Waals surface area contributed by atoms with Gasteiger partial charge in [0.2, 0.25) is 0 Å². The molecule has 0 aliphatic rings. The number of hydrogen-bond donors (Lipinski definition) is 1. The molecule has 1 aromatic heterocycles. The van der Waals surface area contributed by atoms with Crippen LogP contribution in [0.5, 0.6) is 5.75 Å². The molecule has 20 heavy (non-hydrogen) atoms. The minimum Gasteiger partial charge on any atom is -0.496 e. The number of nitrogens with zero attached hydrogens (tertiary/aromatic N) is 1. The highest BCUT2D eigenvalue weighted by molar-refractivity contribution is 9.10. The molecule has 0 aliphatic carbocycles. The molecule has 0 fully saturated rings. The second-order valence-electron chi connectivity index (χ2n) is 4.56. The summed E-state index contributed by atoms with van der Waals surface area (Å²) in [5.41, 5.74) is 2.52. The van der Waals surface area contributed by atoms with Gasteiger partial charge in [-0.25, -0.2) is 0 Å². The molecule has 0 saturated carbocycles. The first-order valence-corrected chi connectivity index (χ1v) is 7.49. The van der Waals surface area contributed by atoms with Gasteiger partial charge in [0, 0.05) is 18.4 Å². The average Bonchev–Trinajstić information content (AvgIpc) is 2.48. The Morgan fingerprint density at radius 2 is 2.00 bits per heavy atom. The lowest BCUT2D eigenvalue weighted by Gasteiger charge is -2.19. The molecular weight excluding hydrogens is 316 g/mol. The zero-order valence-corrected chi connectivity index (χ0v) is 13.4. The molecule has 1 unspecified atom stereocenters. The Bertz CT molecular complexity index is 545. The fourth-order valence-electron chi connectivity index (χ4n) is 2.21. The predicted molar refractivity (Wildman–Crippen MR) is 85.1 cm³/mol. The number of nitrogens with one attached hydrogen (secondary N) is 1. The standard InChI is InChI=1S/C16H19BrN2O/c1-3-19-15(10-12-6-8-18-9-7-12)13-4-5-16(20-2)14(17)11-13/h4-9,11,15,19H,3,10H2,1-2H3. The van der Waals surface area contributed by atoms with Crippen molar-refractivity contribution in [1.82, 2.24) is 10.3 Å². The van der Waals surface area contributed by atoms with Gasteiger partial charge in [-0.15, -0.1) is 0 Å².